The van der Waals surface area contributed by atoms with Gasteiger partial charge in [-0.1, -0.05) is 31.2 Å². The van der Waals surface area contributed by atoms with Gasteiger partial charge in [-0.2, -0.15) is 0 Å². The first-order valence-electron chi connectivity index (χ1n) is 8.12. The number of nitrogens with zero attached hydrogens (tertiary/aromatic N) is 1. The van der Waals surface area contributed by atoms with E-state index >= 15 is 0 Å². The Bertz CT molecular complexity index is 465. The topological polar surface area (TPSA) is 20.3 Å². The maximum absolute atomic E-state index is 12.0. The first-order valence-corrected chi connectivity index (χ1v) is 8.12. The first kappa shape index (κ1) is 13.8. The largest absolute Gasteiger partial charge is 0.299 e. The molecule has 2 fully saturated rings. The van der Waals surface area contributed by atoms with E-state index in [1.54, 1.807) is 0 Å². The Balaban J connectivity index is 1.67. The maximum atomic E-state index is 12.0. The van der Waals surface area contributed by atoms with E-state index in [1.165, 1.54) is 24.0 Å². The highest BCUT2D eigenvalue weighted by molar-refractivity contribution is 5.83. The number of ketones is 1. The molecule has 0 N–H and O–H groups in total. The van der Waals surface area contributed by atoms with Crippen molar-refractivity contribution in [1.82, 2.24) is 4.90 Å². The van der Waals surface area contributed by atoms with Crippen LogP contribution in [0.1, 0.15) is 50.2 Å². The lowest BCUT2D eigenvalue weighted by Gasteiger charge is -2.28. The van der Waals surface area contributed by atoms with Crippen LogP contribution in [0.3, 0.4) is 0 Å². The summed E-state index contributed by atoms with van der Waals surface area (Å²) in [4.78, 5) is 14.6. The number of carbonyl (C=O) groups is 1. The van der Waals surface area contributed by atoms with Crippen molar-refractivity contribution in [3.8, 4) is 0 Å². The monoisotopic (exact) mass is 271 g/mol. The molecule has 2 unspecified atom stereocenters. The van der Waals surface area contributed by atoms with Crippen LogP contribution in [0.4, 0.5) is 0 Å². The zero-order valence-electron chi connectivity index (χ0n) is 12.5. The van der Waals surface area contributed by atoms with Gasteiger partial charge in [-0.3, -0.25) is 9.69 Å². The van der Waals surface area contributed by atoms with E-state index in [9.17, 15) is 4.79 Å². The van der Waals surface area contributed by atoms with Crippen LogP contribution in [0.5, 0.6) is 0 Å². The summed E-state index contributed by atoms with van der Waals surface area (Å²) in [5, 5.41) is 0. The van der Waals surface area contributed by atoms with Crippen LogP contribution in [0, 0.1) is 5.92 Å². The molecule has 108 valence electrons. The Labute approximate surface area is 122 Å². The molecule has 1 saturated heterocycles. The molecule has 2 nitrogen and oxygen atoms in total. The highest BCUT2D eigenvalue weighted by Crippen LogP contribution is 2.34. The maximum Gasteiger partial charge on any atom is 0.137 e. The molecule has 2 atom stereocenters. The average Bonchev–Trinajstić information content (AvgIpc) is 3.08. The minimum atomic E-state index is 0.326. The quantitative estimate of drug-likeness (QED) is 0.834. The second kappa shape index (κ2) is 6.09. The molecule has 1 aliphatic carbocycles. The molecule has 1 aromatic carbocycles. The third kappa shape index (κ3) is 2.80. The molecule has 0 spiro atoms. The lowest BCUT2D eigenvalue weighted by atomic mass is 9.95. The van der Waals surface area contributed by atoms with Gasteiger partial charge in [0.25, 0.3) is 0 Å². The highest BCUT2D eigenvalue weighted by atomic mass is 16.1. The second-order valence-electron chi connectivity index (χ2n) is 6.32. The van der Waals surface area contributed by atoms with Gasteiger partial charge in [-0.05, 0) is 49.8 Å². The number of hydrogen-bond acceptors (Lipinski definition) is 2. The van der Waals surface area contributed by atoms with Gasteiger partial charge >= 0.3 is 0 Å². The van der Waals surface area contributed by atoms with Crippen LogP contribution in [0.2, 0.25) is 0 Å². The normalized spacial score (nSPS) is 27.4. The van der Waals surface area contributed by atoms with Crippen LogP contribution >= 0.6 is 0 Å². The second-order valence-corrected chi connectivity index (χ2v) is 6.32. The van der Waals surface area contributed by atoms with E-state index in [0.29, 0.717) is 17.7 Å². The van der Waals surface area contributed by atoms with E-state index in [0.717, 1.165) is 38.8 Å². The summed E-state index contributed by atoms with van der Waals surface area (Å²) in [5.74, 6) is 0.843. The number of carbonyl (C=O) groups excluding carboxylic acids is 1. The number of benzene rings is 1. The van der Waals surface area contributed by atoms with Gasteiger partial charge in [-0.25, -0.2) is 0 Å². The summed E-state index contributed by atoms with van der Waals surface area (Å²) in [6.45, 7) is 4.36. The van der Waals surface area contributed by atoms with Crippen molar-refractivity contribution in [2.75, 3.05) is 6.54 Å². The predicted molar refractivity (Wildman–Crippen MR) is 81.6 cm³/mol. The SMILES string of the molecule is CCc1ccc(CN2CCCC2C2CCCC2=O)cc1. The summed E-state index contributed by atoms with van der Waals surface area (Å²) >= 11 is 0. The van der Waals surface area contributed by atoms with Crippen molar-refractivity contribution in [1.29, 1.82) is 0 Å². The first-order chi connectivity index (χ1) is 9.78. The van der Waals surface area contributed by atoms with Crippen LogP contribution < -0.4 is 0 Å². The highest BCUT2D eigenvalue weighted by Gasteiger charge is 2.37. The van der Waals surface area contributed by atoms with E-state index in [1.807, 2.05) is 0 Å². The van der Waals surface area contributed by atoms with Crippen LogP contribution in [-0.2, 0) is 17.8 Å². The molecule has 3 rings (SSSR count). The average molecular weight is 271 g/mol. The van der Waals surface area contributed by atoms with Gasteiger partial charge in [0.1, 0.15) is 5.78 Å². The van der Waals surface area contributed by atoms with Gasteiger partial charge < -0.3 is 0 Å². The molecular weight excluding hydrogens is 246 g/mol. The molecule has 1 saturated carbocycles. The van der Waals surface area contributed by atoms with E-state index in [2.05, 4.69) is 36.1 Å². The molecule has 0 radical (unpaired) electrons. The molecule has 0 aromatic heterocycles. The zero-order valence-corrected chi connectivity index (χ0v) is 12.5. The van der Waals surface area contributed by atoms with Gasteiger partial charge in [0.15, 0.2) is 0 Å². The van der Waals surface area contributed by atoms with E-state index in [4.69, 9.17) is 0 Å². The van der Waals surface area contributed by atoms with Crippen molar-refractivity contribution in [2.24, 2.45) is 5.92 Å². The van der Waals surface area contributed by atoms with Crippen LogP contribution in [0.15, 0.2) is 24.3 Å². The van der Waals surface area contributed by atoms with E-state index in [-0.39, 0.29) is 0 Å². The molecule has 1 heterocycles. The number of rotatable bonds is 4. The summed E-state index contributed by atoms with van der Waals surface area (Å²) in [7, 11) is 0. The molecule has 0 amide bonds. The number of likely N-dealkylation sites (tertiary alicyclic amines) is 1. The third-order valence-corrected chi connectivity index (χ3v) is 5.05. The molecule has 0 bridgehead atoms. The fraction of sp³-hybridized carbons (Fsp3) is 0.611. The lowest BCUT2D eigenvalue weighted by molar-refractivity contribution is -0.122. The summed E-state index contributed by atoms with van der Waals surface area (Å²) in [6.07, 6.45) is 6.61. The zero-order chi connectivity index (χ0) is 13.9. The number of hydrogen-bond donors (Lipinski definition) is 0. The molecule has 2 aliphatic rings. The van der Waals surface area contributed by atoms with Crippen molar-refractivity contribution in [3.63, 3.8) is 0 Å². The Morgan fingerprint density at radius 3 is 2.50 bits per heavy atom. The molecular formula is C18H25NO. The van der Waals surface area contributed by atoms with Crippen molar-refractivity contribution in [2.45, 2.75) is 58.0 Å². The minimum Gasteiger partial charge on any atom is -0.299 e. The smallest absolute Gasteiger partial charge is 0.137 e. The fourth-order valence-corrected chi connectivity index (χ4v) is 3.87. The van der Waals surface area contributed by atoms with Gasteiger partial charge in [0.05, 0.1) is 0 Å². The minimum absolute atomic E-state index is 0.326. The van der Waals surface area contributed by atoms with Crippen LogP contribution in [-0.4, -0.2) is 23.3 Å². The van der Waals surface area contributed by atoms with Crippen molar-refractivity contribution >= 4 is 5.78 Å². The fourth-order valence-electron chi connectivity index (χ4n) is 3.87. The van der Waals surface area contributed by atoms with Crippen molar-refractivity contribution in [3.05, 3.63) is 35.4 Å². The van der Waals surface area contributed by atoms with Gasteiger partial charge in [0, 0.05) is 24.9 Å². The molecule has 1 aromatic rings. The van der Waals surface area contributed by atoms with Crippen molar-refractivity contribution < 1.29 is 4.79 Å². The predicted octanol–water partition coefficient (Wildman–Crippen LogP) is 3.58. The summed E-state index contributed by atoms with van der Waals surface area (Å²) < 4.78 is 0. The molecule has 1 aliphatic heterocycles. The Kier molecular flexibility index (Phi) is 4.21. The Morgan fingerprint density at radius 1 is 1.10 bits per heavy atom. The standard InChI is InChI=1S/C18H25NO/c1-2-14-8-10-15(11-9-14)13-19-12-4-6-17(19)16-5-3-7-18(16)20/h8-11,16-17H,2-7,12-13H2,1H3. The summed E-state index contributed by atoms with van der Waals surface area (Å²) in [5.41, 5.74) is 2.79. The lowest BCUT2D eigenvalue weighted by Crippen LogP contribution is -2.36. The number of Topliss-reactive ketones (excluding diaryl/α,β-unsaturated/α-hetero) is 1. The Morgan fingerprint density at radius 2 is 1.85 bits per heavy atom. The van der Waals surface area contributed by atoms with Crippen LogP contribution in [0.25, 0.3) is 0 Å². The Hall–Kier alpha value is -1.15. The van der Waals surface area contributed by atoms with E-state index < -0.39 is 0 Å². The summed E-state index contributed by atoms with van der Waals surface area (Å²) in [6, 6.07) is 9.49. The molecule has 2 heteroatoms. The third-order valence-electron chi connectivity index (χ3n) is 5.05. The van der Waals surface area contributed by atoms with Gasteiger partial charge in [0.2, 0.25) is 0 Å². The molecule has 20 heavy (non-hydrogen) atoms. The van der Waals surface area contributed by atoms with Gasteiger partial charge in [-0.15, -0.1) is 0 Å². The number of aryl methyl sites for hydroxylation is 1.